The lowest BCUT2D eigenvalue weighted by atomic mass is 10.2. The predicted molar refractivity (Wildman–Crippen MR) is 92.0 cm³/mol. The van der Waals surface area contributed by atoms with Crippen LogP contribution in [0.4, 0.5) is 4.79 Å². The molecule has 0 radical (unpaired) electrons. The molecule has 0 fully saturated rings. The van der Waals surface area contributed by atoms with Gasteiger partial charge in [-0.25, -0.2) is 4.79 Å². The third-order valence-electron chi connectivity index (χ3n) is 3.55. The van der Waals surface area contributed by atoms with Crippen LogP contribution in [0.3, 0.4) is 0 Å². The SMILES string of the molecule is CCN(Cc1ccccc1)C(=O)CNC(=O)NCc1ccncc1. The minimum absolute atomic E-state index is 0.0249. The number of nitrogens with one attached hydrogen (secondary N) is 2. The first-order valence-electron chi connectivity index (χ1n) is 7.91. The number of likely N-dealkylation sites (N-methyl/N-ethyl adjacent to an activating group) is 1. The highest BCUT2D eigenvalue weighted by Crippen LogP contribution is 2.04. The lowest BCUT2D eigenvalue weighted by Crippen LogP contribution is -2.43. The Morgan fingerprint density at radius 1 is 1.00 bits per heavy atom. The molecule has 2 aromatic rings. The fraction of sp³-hybridized carbons (Fsp3) is 0.278. The largest absolute Gasteiger partial charge is 0.337 e. The zero-order valence-electron chi connectivity index (χ0n) is 13.7. The zero-order valence-corrected chi connectivity index (χ0v) is 13.7. The molecule has 126 valence electrons. The number of hydrogen-bond donors (Lipinski definition) is 2. The van der Waals surface area contributed by atoms with Crippen LogP contribution < -0.4 is 10.6 Å². The van der Waals surface area contributed by atoms with E-state index in [4.69, 9.17) is 0 Å². The number of benzene rings is 1. The van der Waals surface area contributed by atoms with Gasteiger partial charge in [-0.2, -0.15) is 0 Å². The Morgan fingerprint density at radius 2 is 1.71 bits per heavy atom. The van der Waals surface area contributed by atoms with Crippen LogP contribution in [0.1, 0.15) is 18.1 Å². The van der Waals surface area contributed by atoms with Crippen LogP contribution in [-0.4, -0.2) is 34.9 Å². The second-order valence-corrected chi connectivity index (χ2v) is 5.29. The number of amides is 3. The second-order valence-electron chi connectivity index (χ2n) is 5.29. The second kappa shape index (κ2) is 9.29. The van der Waals surface area contributed by atoms with Crippen LogP contribution in [0, 0.1) is 0 Å². The van der Waals surface area contributed by atoms with E-state index in [1.165, 1.54) is 0 Å². The van der Waals surface area contributed by atoms with Gasteiger partial charge in [-0.15, -0.1) is 0 Å². The Morgan fingerprint density at radius 3 is 2.38 bits per heavy atom. The summed E-state index contributed by atoms with van der Waals surface area (Å²) in [6.07, 6.45) is 3.34. The summed E-state index contributed by atoms with van der Waals surface area (Å²) in [5.41, 5.74) is 2.01. The van der Waals surface area contributed by atoms with E-state index in [1.54, 1.807) is 17.3 Å². The van der Waals surface area contributed by atoms with Crippen molar-refractivity contribution in [3.8, 4) is 0 Å². The maximum Gasteiger partial charge on any atom is 0.315 e. The van der Waals surface area contributed by atoms with E-state index in [9.17, 15) is 9.59 Å². The number of aromatic nitrogens is 1. The lowest BCUT2D eigenvalue weighted by Gasteiger charge is -2.21. The summed E-state index contributed by atoms with van der Waals surface area (Å²) in [4.78, 5) is 29.6. The first-order valence-corrected chi connectivity index (χ1v) is 7.91. The van der Waals surface area contributed by atoms with Crippen LogP contribution in [0.5, 0.6) is 0 Å². The molecule has 24 heavy (non-hydrogen) atoms. The van der Waals surface area contributed by atoms with Crippen molar-refractivity contribution in [2.75, 3.05) is 13.1 Å². The van der Waals surface area contributed by atoms with Crippen molar-refractivity contribution in [1.29, 1.82) is 0 Å². The van der Waals surface area contributed by atoms with Crippen LogP contribution >= 0.6 is 0 Å². The number of hydrogen-bond acceptors (Lipinski definition) is 3. The Hall–Kier alpha value is -2.89. The molecule has 0 unspecified atom stereocenters. The van der Waals surface area contributed by atoms with Crippen molar-refractivity contribution >= 4 is 11.9 Å². The zero-order chi connectivity index (χ0) is 17.2. The topological polar surface area (TPSA) is 74.3 Å². The molecule has 3 amide bonds. The first-order chi connectivity index (χ1) is 11.7. The van der Waals surface area contributed by atoms with E-state index < -0.39 is 0 Å². The van der Waals surface area contributed by atoms with Crippen LogP contribution in [-0.2, 0) is 17.9 Å². The van der Waals surface area contributed by atoms with Crippen molar-refractivity contribution in [1.82, 2.24) is 20.5 Å². The summed E-state index contributed by atoms with van der Waals surface area (Å²) in [5.74, 6) is -0.111. The third kappa shape index (κ3) is 5.72. The van der Waals surface area contributed by atoms with Gasteiger partial charge in [-0.05, 0) is 30.2 Å². The smallest absolute Gasteiger partial charge is 0.315 e. The molecule has 0 aliphatic heterocycles. The van der Waals surface area contributed by atoms with Crippen molar-refractivity contribution < 1.29 is 9.59 Å². The van der Waals surface area contributed by atoms with E-state index in [1.807, 2.05) is 49.4 Å². The summed E-state index contributed by atoms with van der Waals surface area (Å²) >= 11 is 0. The number of nitrogens with zero attached hydrogens (tertiary/aromatic N) is 2. The molecule has 0 saturated carbocycles. The molecule has 2 rings (SSSR count). The Labute approximate surface area is 141 Å². The number of pyridine rings is 1. The molecule has 0 aliphatic rings. The highest BCUT2D eigenvalue weighted by Gasteiger charge is 2.13. The fourth-order valence-electron chi connectivity index (χ4n) is 2.19. The number of rotatable bonds is 7. The Balaban J connectivity index is 1.75. The summed E-state index contributed by atoms with van der Waals surface area (Å²) in [7, 11) is 0. The van der Waals surface area contributed by atoms with Gasteiger partial charge >= 0.3 is 6.03 Å². The highest BCUT2D eigenvalue weighted by atomic mass is 16.2. The van der Waals surface area contributed by atoms with E-state index in [-0.39, 0.29) is 18.5 Å². The molecule has 0 bridgehead atoms. The molecule has 0 spiro atoms. The lowest BCUT2D eigenvalue weighted by molar-refractivity contribution is -0.130. The average molecular weight is 326 g/mol. The number of urea groups is 1. The van der Waals surface area contributed by atoms with Gasteiger partial charge in [0.05, 0.1) is 6.54 Å². The molecule has 0 aliphatic carbocycles. The van der Waals surface area contributed by atoms with Crippen molar-refractivity contribution in [3.05, 3.63) is 66.0 Å². The van der Waals surface area contributed by atoms with E-state index in [2.05, 4.69) is 15.6 Å². The molecule has 1 heterocycles. The highest BCUT2D eigenvalue weighted by molar-refractivity contribution is 5.83. The van der Waals surface area contributed by atoms with Gasteiger partial charge < -0.3 is 15.5 Å². The monoisotopic (exact) mass is 326 g/mol. The van der Waals surface area contributed by atoms with Gasteiger partial charge in [0.2, 0.25) is 5.91 Å². The molecular formula is C18H22N4O2. The molecule has 1 aromatic heterocycles. The van der Waals surface area contributed by atoms with E-state index >= 15 is 0 Å². The summed E-state index contributed by atoms with van der Waals surface area (Å²) in [6.45, 7) is 3.42. The first kappa shape index (κ1) is 17.5. The normalized spacial score (nSPS) is 10.0. The molecule has 0 atom stereocenters. The molecule has 2 N–H and O–H groups in total. The molecule has 6 nitrogen and oxygen atoms in total. The van der Waals surface area contributed by atoms with Gasteiger partial charge in [0.15, 0.2) is 0 Å². The van der Waals surface area contributed by atoms with Gasteiger partial charge in [0.25, 0.3) is 0 Å². The van der Waals surface area contributed by atoms with Gasteiger partial charge in [-0.3, -0.25) is 9.78 Å². The van der Waals surface area contributed by atoms with Crippen molar-refractivity contribution in [3.63, 3.8) is 0 Å². The predicted octanol–water partition coefficient (Wildman–Crippen LogP) is 1.93. The maximum atomic E-state index is 12.2. The van der Waals surface area contributed by atoms with Crippen molar-refractivity contribution in [2.24, 2.45) is 0 Å². The average Bonchev–Trinajstić information content (AvgIpc) is 2.64. The van der Waals surface area contributed by atoms with Gasteiger partial charge in [0, 0.05) is 32.0 Å². The summed E-state index contributed by atoms with van der Waals surface area (Å²) < 4.78 is 0. The Kier molecular flexibility index (Phi) is 6.76. The molecule has 6 heteroatoms. The quantitative estimate of drug-likeness (QED) is 0.816. The standard InChI is InChI=1S/C18H22N4O2/c1-2-22(14-16-6-4-3-5-7-16)17(23)13-21-18(24)20-12-15-8-10-19-11-9-15/h3-11H,2,12-14H2,1H3,(H2,20,21,24). The Bertz CT molecular complexity index is 647. The van der Waals surface area contributed by atoms with Crippen LogP contribution in [0.25, 0.3) is 0 Å². The molecule has 0 saturated heterocycles. The van der Waals surface area contributed by atoms with Gasteiger partial charge in [0.1, 0.15) is 0 Å². The van der Waals surface area contributed by atoms with Crippen molar-refractivity contribution in [2.45, 2.75) is 20.0 Å². The minimum Gasteiger partial charge on any atom is -0.337 e. The van der Waals surface area contributed by atoms with E-state index in [0.717, 1.165) is 11.1 Å². The van der Waals surface area contributed by atoms with Crippen LogP contribution in [0.2, 0.25) is 0 Å². The number of carbonyl (C=O) groups is 2. The maximum absolute atomic E-state index is 12.2. The molecule has 1 aromatic carbocycles. The van der Waals surface area contributed by atoms with Crippen LogP contribution in [0.15, 0.2) is 54.9 Å². The summed E-state index contributed by atoms with van der Waals surface area (Å²) in [6, 6.07) is 13.1. The van der Waals surface area contributed by atoms with Gasteiger partial charge in [-0.1, -0.05) is 30.3 Å². The third-order valence-corrected chi connectivity index (χ3v) is 3.55. The summed E-state index contributed by atoms with van der Waals surface area (Å²) in [5, 5.41) is 5.31. The van der Waals surface area contributed by atoms with E-state index in [0.29, 0.717) is 19.6 Å². The fourth-order valence-corrected chi connectivity index (χ4v) is 2.19. The minimum atomic E-state index is -0.365. The number of carbonyl (C=O) groups excluding carboxylic acids is 2. The molecular weight excluding hydrogens is 304 g/mol.